The van der Waals surface area contributed by atoms with Crippen molar-refractivity contribution in [1.82, 2.24) is 19.4 Å². The number of nitrogens with one attached hydrogen (secondary N) is 1. The number of fused-ring (bicyclic) bond motifs is 1. The summed E-state index contributed by atoms with van der Waals surface area (Å²) in [6, 6.07) is 12.0. The lowest BCUT2D eigenvalue weighted by Gasteiger charge is -2.31. The first-order valence-corrected chi connectivity index (χ1v) is 9.62. The average Bonchev–Trinajstić information content (AvgIpc) is 3.06. The molecule has 0 radical (unpaired) electrons. The van der Waals surface area contributed by atoms with Crippen molar-refractivity contribution in [2.24, 2.45) is 5.92 Å². The minimum atomic E-state index is 0.0615. The van der Waals surface area contributed by atoms with Gasteiger partial charge >= 0.3 is 0 Å². The van der Waals surface area contributed by atoms with Gasteiger partial charge in [-0.05, 0) is 57.1 Å². The van der Waals surface area contributed by atoms with Crippen molar-refractivity contribution in [2.75, 3.05) is 18.4 Å². The standard InChI is InChI=1S/C21H25N5O/c1-2-26-19-8-4-3-7-18(19)24-20(26)15-25-12-9-16(10-13-25)21(27)23-17-6-5-11-22-14-17/h3-8,11,14,16H,2,9-10,12-13,15H2,1H3,(H,23,27). The summed E-state index contributed by atoms with van der Waals surface area (Å²) < 4.78 is 2.29. The number of piperidine rings is 1. The lowest BCUT2D eigenvalue weighted by molar-refractivity contribution is -0.121. The van der Waals surface area contributed by atoms with Crippen molar-refractivity contribution in [1.29, 1.82) is 0 Å². The normalized spacial score (nSPS) is 15.9. The van der Waals surface area contributed by atoms with Crippen molar-refractivity contribution < 1.29 is 4.79 Å². The number of pyridine rings is 1. The summed E-state index contributed by atoms with van der Waals surface area (Å²) in [6.07, 6.45) is 5.14. The Labute approximate surface area is 159 Å². The number of carbonyl (C=O) groups is 1. The molecule has 0 spiro atoms. The predicted octanol–water partition coefficient (Wildman–Crippen LogP) is 3.30. The van der Waals surface area contributed by atoms with Gasteiger partial charge in [0.15, 0.2) is 0 Å². The number of nitrogens with zero attached hydrogens (tertiary/aromatic N) is 4. The van der Waals surface area contributed by atoms with Crippen LogP contribution in [0.5, 0.6) is 0 Å². The summed E-state index contributed by atoms with van der Waals surface area (Å²) >= 11 is 0. The predicted molar refractivity (Wildman–Crippen MR) is 106 cm³/mol. The van der Waals surface area contributed by atoms with Crippen LogP contribution in [-0.4, -0.2) is 38.4 Å². The van der Waals surface area contributed by atoms with Gasteiger partial charge in [0.25, 0.3) is 0 Å². The number of hydrogen-bond acceptors (Lipinski definition) is 4. The molecule has 1 fully saturated rings. The number of carbonyl (C=O) groups excluding carboxylic acids is 1. The highest BCUT2D eigenvalue weighted by molar-refractivity contribution is 5.92. The van der Waals surface area contributed by atoms with Crippen LogP contribution < -0.4 is 5.32 Å². The molecule has 1 saturated heterocycles. The molecule has 1 amide bonds. The number of rotatable bonds is 5. The van der Waals surface area contributed by atoms with Crippen molar-refractivity contribution >= 4 is 22.6 Å². The van der Waals surface area contributed by atoms with E-state index in [2.05, 4.69) is 44.9 Å². The molecule has 1 aromatic carbocycles. The first-order chi connectivity index (χ1) is 13.2. The molecule has 0 unspecified atom stereocenters. The van der Waals surface area contributed by atoms with Crippen LogP contribution in [0.2, 0.25) is 0 Å². The average molecular weight is 363 g/mol. The summed E-state index contributed by atoms with van der Waals surface area (Å²) in [5, 5.41) is 2.98. The van der Waals surface area contributed by atoms with E-state index in [9.17, 15) is 4.79 Å². The quantitative estimate of drug-likeness (QED) is 0.755. The Balaban J connectivity index is 1.36. The van der Waals surface area contributed by atoms with E-state index in [-0.39, 0.29) is 11.8 Å². The molecular weight excluding hydrogens is 338 g/mol. The van der Waals surface area contributed by atoms with Gasteiger partial charge in [-0.2, -0.15) is 0 Å². The Morgan fingerprint density at radius 3 is 2.74 bits per heavy atom. The molecule has 3 heterocycles. The first-order valence-electron chi connectivity index (χ1n) is 9.62. The Hall–Kier alpha value is -2.73. The molecule has 6 heteroatoms. The molecule has 1 aliphatic rings. The molecule has 0 saturated carbocycles. The Kier molecular flexibility index (Phi) is 5.16. The first kappa shape index (κ1) is 17.7. The van der Waals surface area contributed by atoms with Crippen molar-refractivity contribution in [3.63, 3.8) is 0 Å². The summed E-state index contributed by atoms with van der Waals surface area (Å²) in [5.74, 6) is 1.27. The molecule has 140 valence electrons. The van der Waals surface area contributed by atoms with E-state index < -0.39 is 0 Å². The van der Waals surface area contributed by atoms with E-state index in [1.807, 2.05) is 18.2 Å². The second kappa shape index (κ2) is 7.88. The van der Waals surface area contributed by atoms with Crippen LogP contribution in [0, 0.1) is 5.92 Å². The zero-order valence-electron chi connectivity index (χ0n) is 15.6. The minimum Gasteiger partial charge on any atom is -0.327 e. The van der Waals surface area contributed by atoms with E-state index in [1.165, 1.54) is 5.52 Å². The van der Waals surface area contributed by atoms with E-state index >= 15 is 0 Å². The largest absolute Gasteiger partial charge is 0.327 e. The second-order valence-corrected chi connectivity index (χ2v) is 7.04. The fourth-order valence-corrected chi connectivity index (χ4v) is 3.83. The third-order valence-corrected chi connectivity index (χ3v) is 5.30. The maximum atomic E-state index is 12.5. The van der Waals surface area contributed by atoms with Crippen LogP contribution in [0.1, 0.15) is 25.6 Å². The Morgan fingerprint density at radius 1 is 1.19 bits per heavy atom. The minimum absolute atomic E-state index is 0.0615. The molecule has 2 aromatic heterocycles. The maximum absolute atomic E-state index is 12.5. The number of anilines is 1. The molecular formula is C21H25N5O. The number of aromatic nitrogens is 3. The monoisotopic (exact) mass is 363 g/mol. The fraction of sp³-hybridized carbons (Fsp3) is 0.381. The van der Waals surface area contributed by atoms with Gasteiger partial charge in [-0.25, -0.2) is 4.98 Å². The zero-order valence-corrected chi connectivity index (χ0v) is 15.6. The van der Waals surface area contributed by atoms with Gasteiger partial charge < -0.3 is 9.88 Å². The van der Waals surface area contributed by atoms with Crippen LogP contribution in [0.25, 0.3) is 11.0 Å². The van der Waals surface area contributed by atoms with E-state index in [4.69, 9.17) is 4.98 Å². The SMILES string of the molecule is CCn1c(CN2CCC(C(=O)Nc3cccnc3)CC2)nc2ccccc21. The Morgan fingerprint density at radius 2 is 2.00 bits per heavy atom. The highest BCUT2D eigenvalue weighted by Gasteiger charge is 2.26. The molecule has 0 bridgehead atoms. The summed E-state index contributed by atoms with van der Waals surface area (Å²) in [6.45, 7) is 5.74. The number of para-hydroxylation sites is 2. The van der Waals surface area contributed by atoms with Crippen LogP contribution in [0.4, 0.5) is 5.69 Å². The molecule has 6 nitrogen and oxygen atoms in total. The topological polar surface area (TPSA) is 63.1 Å². The molecule has 0 aliphatic carbocycles. The van der Waals surface area contributed by atoms with Crippen LogP contribution in [0.3, 0.4) is 0 Å². The third kappa shape index (κ3) is 3.85. The van der Waals surface area contributed by atoms with E-state index in [0.717, 1.165) is 56.0 Å². The Bertz CT molecular complexity index is 913. The number of amides is 1. The van der Waals surface area contributed by atoms with Crippen LogP contribution >= 0.6 is 0 Å². The van der Waals surface area contributed by atoms with Crippen molar-refractivity contribution in [2.45, 2.75) is 32.9 Å². The number of hydrogen-bond donors (Lipinski definition) is 1. The van der Waals surface area contributed by atoms with Gasteiger partial charge in [0.05, 0.1) is 29.5 Å². The second-order valence-electron chi connectivity index (χ2n) is 7.04. The van der Waals surface area contributed by atoms with E-state index in [1.54, 1.807) is 12.4 Å². The summed E-state index contributed by atoms with van der Waals surface area (Å²) in [7, 11) is 0. The van der Waals surface area contributed by atoms with Crippen LogP contribution in [-0.2, 0) is 17.9 Å². The molecule has 3 aromatic rings. The van der Waals surface area contributed by atoms with Crippen LogP contribution in [0.15, 0.2) is 48.8 Å². The highest BCUT2D eigenvalue weighted by Crippen LogP contribution is 2.22. The van der Waals surface area contributed by atoms with Gasteiger partial charge in [-0.1, -0.05) is 12.1 Å². The fourth-order valence-electron chi connectivity index (χ4n) is 3.83. The molecule has 4 rings (SSSR count). The maximum Gasteiger partial charge on any atom is 0.227 e. The number of aryl methyl sites for hydroxylation is 1. The van der Waals surface area contributed by atoms with Gasteiger partial charge in [0.2, 0.25) is 5.91 Å². The van der Waals surface area contributed by atoms with Gasteiger partial charge in [0, 0.05) is 18.7 Å². The van der Waals surface area contributed by atoms with E-state index in [0.29, 0.717) is 0 Å². The van der Waals surface area contributed by atoms with Gasteiger partial charge in [0.1, 0.15) is 5.82 Å². The highest BCUT2D eigenvalue weighted by atomic mass is 16.1. The summed E-state index contributed by atoms with van der Waals surface area (Å²) in [4.78, 5) is 23.7. The lowest BCUT2D eigenvalue weighted by Crippen LogP contribution is -2.38. The molecule has 1 aliphatic heterocycles. The smallest absolute Gasteiger partial charge is 0.227 e. The molecule has 1 N–H and O–H groups in total. The third-order valence-electron chi connectivity index (χ3n) is 5.30. The van der Waals surface area contributed by atoms with Crippen molar-refractivity contribution in [3.8, 4) is 0 Å². The zero-order chi connectivity index (χ0) is 18.6. The molecule has 0 atom stereocenters. The van der Waals surface area contributed by atoms with Crippen molar-refractivity contribution in [3.05, 3.63) is 54.6 Å². The van der Waals surface area contributed by atoms with Gasteiger partial charge in [-0.3, -0.25) is 14.7 Å². The number of imidazole rings is 1. The summed E-state index contributed by atoms with van der Waals surface area (Å²) in [5.41, 5.74) is 3.02. The molecule has 27 heavy (non-hydrogen) atoms. The number of benzene rings is 1. The number of likely N-dealkylation sites (tertiary alicyclic amines) is 1. The van der Waals surface area contributed by atoms with Gasteiger partial charge in [-0.15, -0.1) is 0 Å². The lowest BCUT2D eigenvalue weighted by atomic mass is 9.96.